The fourth-order valence-electron chi connectivity index (χ4n) is 2.72. The van der Waals surface area contributed by atoms with E-state index in [0.29, 0.717) is 6.54 Å². The maximum absolute atomic E-state index is 5.42. The van der Waals surface area contributed by atoms with Crippen LogP contribution in [-0.4, -0.2) is 14.2 Å². The van der Waals surface area contributed by atoms with Crippen molar-refractivity contribution in [3.63, 3.8) is 0 Å². The molecule has 2 N–H and O–H groups in total. The molecule has 0 aliphatic rings. The van der Waals surface area contributed by atoms with Gasteiger partial charge in [-0.2, -0.15) is 0 Å². The molecule has 0 radical (unpaired) electrons. The number of hydrogen-bond donors (Lipinski definition) is 2. The van der Waals surface area contributed by atoms with Crippen molar-refractivity contribution in [1.29, 1.82) is 0 Å². The Bertz CT molecular complexity index is 819. The normalized spacial score (nSPS) is 10.3. The van der Waals surface area contributed by atoms with E-state index in [2.05, 4.69) is 23.0 Å². The zero-order valence-electron chi connectivity index (χ0n) is 14.5. The molecule has 4 heteroatoms. The Morgan fingerprint density at radius 1 is 0.760 bits per heavy atom. The maximum Gasteiger partial charge on any atom is 0.161 e. The van der Waals surface area contributed by atoms with Crippen LogP contribution in [0.3, 0.4) is 0 Å². The number of nitrogens with one attached hydrogen (secondary N) is 2. The molecule has 4 nitrogen and oxygen atoms in total. The lowest BCUT2D eigenvalue weighted by molar-refractivity contribution is 0.355. The lowest BCUT2D eigenvalue weighted by atomic mass is 9.99. The molecule has 0 aromatic heterocycles. The van der Waals surface area contributed by atoms with Crippen LogP contribution in [0.15, 0.2) is 72.8 Å². The standard InChI is InChI=1S/C21H22N2O2/c1-24-20-13-12-16(14-21(20)25-2)19-11-7-6-8-17(19)15-22-23-18-9-4-3-5-10-18/h3-14,22-23H,15H2,1-2H3. The molecule has 0 fully saturated rings. The van der Waals surface area contributed by atoms with E-state index >= 15 is 0 Å². The Kier molecular flexibility index (Phi) is 5.54. The lowest BCUT2D eigenvalue weighted by Gasteiger charge is -2.14. The van der Waals surface area contributed by atoms with Crippen LogP contribution >= 0.6 is 0 Å². The summed E-state index contributed by atoms with van der Waals surface area (Å²) in [5.41, 5.74) is 11.0. The van der Waals surface area contributed by atoms with Crippen molar-refractivity contribution >= 4 is 5.69 Å². The zero-order chi connectivity index (χ0) is 17.5. The summed E-state index contributed by atoms with van der Waals surface area (Å²) < 4.78 is 10.7. The van der Waals surface area contributed by atoms with Crippen LogP contribution in [0.1, 0.15) is 5.56 Å². The van der Waals surface area contributed by atoms with Crippen LogP contribution in [0.5, 0.6) is 11.5 Å². The van der Waals surface area contributed by atoms with Gasteiger partial charge in [-0.3, -0.25) is 0 Å². The second kappa shape index (κ2) is 8.22. The van der Waals surface area contributed by atoms with Crippen LogP contribution in [0.25, 0.3) is 11.1 Å². The number of hydrazine groups is 1. The van der Waals surface area contributed by atoms with E-state index in [4.69, 9.17) is 9.47 Å². The minimum Gasteiger partial charge on any atom is -0.493 e. The largest absolute Gasteiger partial charge is 0.493 e. The molecular formula is C21H22N2O2. The molecule has 0 aliphatic heterocycles. The Labute approximate surface area is 148 Å². The van der Waals surface area contributed by atoms with Crippen molar-refractivity contribution in [3.8, 4) is 22.6 Å². The molecule has 0 amide bonds. The lowest BCUT2D eigenvalue weighted by Crippen LogP contribution is -2.21. The van der Waals surface area contributed by atoms with Crippen molar-refractivity contribution in [2.24, 2.45) is 0 Å². The van der Waals surface area contributed by atoms with Crippen molar-refractivity contribution in [2.45, 2.75) is 6.54 Å². The van der Waals surface area contributed by atoms with Gasteiger partial charge in [-0.05, 0) is 41.0 Å². The third kappa shape index (κ3) is 4.11. The minimum atomic E-state index is 0.694. The number of rotatable bonds is 7. The van der Waals surface area contributed by atoms with Gasteiger partial charge in [-0.25, -0.2) is 5.43 Å². The Hall–Kier alpha value is -2.98. The molecule has 0 saturated heterocycles. The summed E-state index contributed by atoms with van der Waals surface area (Å²) in [7, 11) is 3.30. The SMILES string of the molecule is COc1ccc(-c2ccccc2CNNc2ccccc2)cc1OC. The third-order valence-corrected chi connectivity index (χ3v) is 4.00. The van der Waals surface area contributed by atoms with Gasteiger partial charge in [0.1, 0.15) is 0 Å². The predicted octanol–water partition coefficient (Wildman–Crippen LogP) is 4.49. The summed E-state index contributed by atoms with van der Waals surface area (Å²) >= 11 is 0. The van der Waals surface area contributed by atoms with Gasteiger partial charge in [0.25, 0.3) is 0 Å². The number of hydrogen-bond acceptors (Lipinski definition) is 4. The third-order valence-electron chi connectivity index (χ3n) is 4.00. The van der Waals surface area contributed by atoms with E-state index in [9.17, 15) is 0 Å². The highest BCUT2D eigenvalue weighted by Gasteiger charge is 2.09. The first kappa shape index (κ1) is 16.9. The second-order valence-electron chi connectivity index (χ2n) is 5.57. The quantitative estimate of drug-likeness (QED) is 0.625. The van der Waals surface area contributed by atoms with Gasteiger partial charge < -0.3 is 14.9 Å². The number of ether oxygens (including phenoxy) is 2. The molecular weight excluding hydrogens is 312 g/mol. The van der Waals surface area contributed by atoms with Gasteiger partial charge in [0.05, 0.1) is 14.2 Å². The summed E-state index contributed by atoms with van der Waals surface area (Å²) in [4.78, 5) is 0. The molecule has 3 rings (SSSR count). The van der Waals surface area contributed by atoms with E-state index < -0.39 is 0 Å². The minimum absolute atomic E-state index is 0.694. The van der Waals surface area contributed by atoms with Crippen molar-refractivity contribution in [1.82, 2.24) is 5.43 Å². The van der Waals surface area contributed by atoms with Crippen LogP contribution in [0.4, 0.5) is 5.69 Å². The average molecular weight is 334 g/mol. The van der Waals surface area contributed by atoms with Crippen LogP contribution in [0, 0.1) is 0 Å². The highest BCUT2D eigenvalue weighted by molar-refractivity contribution is 5.70. The van der Waals surface area contributed by atoms with Crippen molar-refractivity contribution in [3.05, 3.63) is 78.4 Å². The topological polar surface area (TPSA) is 42.5 Å². The summed E-state index contributed by atoms with van der Waals surface area (Å²) in [6.45, 7) is 0.694. The molecule has 0 heterocycles. The second-order valence-corrected chi connectivity index (χ2v) is 5.57. The van der Waals surface area contributed by atoms with E-state index in [0.717, 1.165) is 28.3 Å². The molecule has 25 heavy (non-hydrogen) atoms. The van der Waals surface area contributed by atoms with E-state index in [-0.39, 0.29) is 0 Å². The monoisotopic (exact) mass is 334 g/mol. The zero-order valence-corrected chi connectivity index (χ0v) is 14.5. The molecule has 128 valence electrons. The van der Waals surface area contributed by atoms with Gasteiger partial charge in [0.15, 0.2) is 11.5 Å². The summed E-state index contributed by atoms with van der Waals surface area (Å²) in [5.74, 6) is 1.46. The number of anilines is 1. The fourth-order valence-corrected chi connectivity index (χ4v) is 2.72. The fraction of sp³-hybridized carbons (Fsp3) is 0.143. The van der Waals surface area contributed by atoms with Crippen molar-refractivity contribution in [2.75, 3.05) is 19.6 Å². The van der Waals surface area contributed by atoms with Gasteiger partial charge in [-0.1, -0.05) is 48.5 Å². The number of methoxy groups -OCH3 is 2. The van der Waals surface area contributed by atoms with E-state index in [1.807, 2.05) is 60.7 Å². The molecule has 0 saturated carbocycles. The summed E-state index contributed by atoms with van der Waals surface area (Å²) in [6, 6.07) is 24.3. The number of benzene rings is 3. The highest BCUT2D eigenvalue weighted by Crippen LogP contribution is 2.33. The van der Waals surface area contributed by atoms with Crippen LogP contribution in [0.2, 0.25) is 0 Å². The molecule has 0 unspecified atom stereocenters. The Morgan fingerprint density at radius 3 is 2.24 bits per heavy atom. The predicted molar refractivity (Wildman–Crippen MR) is 102 cm³/mol. The van der Waals surface area contributed by atoms with Crippen molar-refractivity contribution < 1.29 is 9.47 Å². The Morgan fingerprint density at radius 2 is 1.48 bits per heavy atom. The Balaban J connectivity index is 1.79. The van der Waals surface area contributed by atoms with Crippen LogP contribution in [-0.2, 0) is 6.54 Å². The molecule has 0 spiro atoms. The first-order valence-corrected chi connectivity index (χ1v) is 8.16. The van der Waals surface area contributed by atoms with Gasteiger partial charge in [0, 0.05) is 12.2 Å². The number of para-hydroxylation sites is 1. The smallest absolute Gasteiger partial charge is 0.161 e. The highest BCUT2D eigenvalue weighted by atomic mass is 16.5. The van der Waals surface area contributed by atoms with Crippen LogP contribution < -0.4 is 20.3 Å². The molecule has 0 bridgehead atoms. The molecule has 0 aliphatic carbocycles. The first-order chi connectivity index (χ1) is 12.3. The molecule has 3 aromatic rings. The summed E-state index contributed by atoms with van der Waals surface area (Å²) in [5, 5.41) is 0. The van der Waals surface area contributed by atoms with E-state index in [1.54, 1.807) is 14.2 Å². The molecule has 0 atom stereocenters. The maximum atomic E-state index is 5.42. The van der Waals surface area contributed by atoms with Gasteiger partial charge >= 0.3 is 0 Å². The molecule has 3 aromatic carbocycles. The van der Waals surface area contributed by atoms with Gasteiger partial charge in [-0.15, -0.1) is 0 Å². The first-order valence-electron chi connectivity index (χ1n) is 8.16. The summed E-state index contributed by atoms with van der Waals surface area (Å²) in [6.07, 6.45) is 0. The van der Waals surface area contributed by atoms with E-state index in [1.165, 1.54) is 5.56 Å². The van der Waals surface area contributed by atoms with Gasteiger partial charge in [0.2, 0.25) is 0 Å². The average Bonchev–Trinajstić information content (AvgIpc) is 2.68.